The zero-order valence-electron chi connectivity index (χ0n) is 16.7. The molecular weight excluding hydrogens is 413 g/mol. The number of ether oxygens (including phenoxy) is 2. The summed E-state index contributed by atoms with van der Waals surface area (Å²) in [7, 11) is 0. The smallest absolute Gasteiger partial charge is 0.416 e. The molecule has 30 heavy (non-hydrogen) atoms. The van der Waals surface area contributed by atoms with Crippen LogP contribution < -0.4 is 4.74 Å². The molecule has 0 aromatic heterocycles. The molecule has 0 amide bonds. The standard InChI is InChI=1S/C24H22ClF3O2/c1-23(2,18-9-11-20(25)12-10-18)16-29-15-17-5-3-7-21(13-17)30-22-8-4-6-19(14-22)24(26,27)28/h3-14H,15-16H2,1-2H3. The first-order valence-corrected chi connectivity index (χ1v) is 9.79. The third kappa shape index (κ3) is 6.00. The van der Waals surface area contributed by atoms with Gasteiger partial charge in [-0.2, -0.15) is 13.2 Å². The molecule has 0 fully saturated rings. The van der Waals surface area contributed by atoms with Gasteiger partial charge in [0.1, 0.15) is 11.5 Å². The molecule has 0 spiro atoms. The Kier molecular flexibility index (Phi) is 6.74. The van der Waals surface area contributed by atoms with Crippen molar-refractivity contribution in [2.45, 2.75) is 32.0 Å². The van der Waals surface area contributed by atoms with Crippen molar-refractivity contribution in [3.63, 3.8) is 0 Å². The molecule has 3 aromatic carbocycles. The lowest BCUT2D eigenvalue weighted by molar-refractivity contribution is -0.137. The molecule has 0 heterocycles. The number of rotatable bonds is 7. The quantitative estimate of drug-likeness (QED) is 0.380. The minimum absolute atomic E-state index is 0.131. The maximum atomic E-state index is 12.9. The summed E-state index contributed by atoms with van der Waals surface area (Å²) in [5, 5.41) is 0.688. The van der Waals surface area contributed by atoms with Gasteiger partial charge in [0.15, 0.2) is 0 Å². The monoisotopic (exact) mass is 434 g/mol. The van der Waals surface area contributed by atoms with E-state index in [1.807, 2.05) is 30.3 Å². The van der Waals surface area contributed by atoms with Crippen LogP contribution in [-0.2, 0) is 22.9 Å². The fourth-order valence-corrected chi connectivity index (χ4v) is 3.11. The van der Waals surface area contributed by atoms with Crippen LogP contribution in [0, 0.1) is 0 Å². The van der Waals surface area contributed by atoms with Crippen LogP contribution in [0.4, 0.5) is 13.2 Å². The Bertz CT molecular complexity index is 982. The molecule has 0 atom stereocenters. The van der Waals surface area contributed by atoms with Crippen molar-refractivity contribution in [2.75, 3.05) is 6.61 Å². The molecule has 0 saturated heterocycles. The van der Waals surface area contributed by atoms with Gasteiger partial charge >= 0.3 is 6.18 Å². The maximum absolute atomic E-state index is 12.9. The van der Waals surface area contributed by atoms with Gasteiger partial charge in [-0.3, -0.25) is 0 Å². The summed E-state index contributed by atoms with van der Waals surface area (Å²) in [6.07, 6.45) is -4.41. The molecule has 3 rings (SSSR count). The molecular formula is C24H22ClF3O2. The highest BCUT2D eigenvalue weighted by molar-refractivity contribution is 6.30. The Hall–Kier alpha value is -2.50. The normalized spacial score (nSPS) is 12.1. The first-order valence-electron chi connectivity index (χ1n) is 9.41. The molecule has 0 radical (unpaired) electrons. The third-order valence-corrected chi connectivity index (χ3v) is 4.90. The first-order chi connectivity index (χ1) is 14.1. The van der Waals surface area contributed by atoms with Crippen molar-refractivity contribution >= 4 is 11.6 Å². The van der Waals surface area contributed by atoms with Crippen LogP contribution in [-0.4, -0.2) is 6.61 Å². The Morgan fingerprint density at radius 1 is 0.800 bits per heavy atom. The molecule has 0 aliphatic carbocycles. The second-order valence-electron chi connectivity index (χ2n) is 7.66. The van der Waals surface area contributed by atoms with Crippen LogP contribution in [0.3, 0.4) is 0 Å². The lowest BCUT2D eigenvalue weighted by Gasteiger charge is -2.25. The Morgan fingerprint density at radius 2 is 1.43 bits per heavy atom. The van der Waals surface area contributed by atoms with E-state index in [1.54, 1.807) is 18.2 Å². The minimum Gasteiger partial charge on any atom is -0.457 e. The molecule has 2 nitrogen and oxygen atoms in total. The van der Waals surface area contributed by atoms with Crippen LogP contribution >= 0.6 is 11.6 Å². The van der Waals surface area contributed by atoms with Gasteiger partial charge in [-0.15, -0.1) is 0 Å². The van der Waals surface area contributed by atoms with Gasteiger partial charge in [0.05, 0.1) is 18.8 Å². The largest absolute Gasteiger partial charge is 0.457 e. The fourth-order valence-electron chi connectivity index (χ4n) is 2.98. The average molecular weight is 435 g/mol. The van der Waals surface area contributed by atoms with Crippen LogP contribution in [0.15, 0.2) is 72.8 Å². The molecule has 0 unspecified atom stereocenters. The van der Waals surface area contributed by atoms with E-state index in [-0.39, 0.29) is 11.2 Å². The van der Waals surface area contributed by atoms with Crippen molar-refractivity contribution in [3.8, 4) is 11.5 Å². The molecule has 158 valence electrons. The molecule has 0 aliphatic rings. The zero-order valence-corrected chi connectivity index (χ0v) is 17.4. The van der Waals surface area contributed by atoms with Crippen molar-refractivity contribution in [3.05, 3.63) is 94.5 Å². The van der Waals surface area contributed by atoms with E-state index >= 15 is 0 Å². The van der Waals surface area contributed by atoms with Crippen LogP contribution in [0.1, 0.15) is 30.5 Å². The Labute approximate surface area is 179 Å². The lowest BCUT2D eigenvalue weighted by Crippen LogP contribution is -2.24. The van der Waals surface area contributed by atoms with Crippen molar-refractivity contribution in [1.82, 2.24) is 0 Å². The first kappa shape index (κ1) is 22.2. The number of hydrogen-bond acceptors (Lipinski definition) is 2. The van der Waals surface area contributed by atoms with Gasteiger partial charge in [0.25, 0.3) is 0 Å². The minimum atomic E-state index is -4.41. The average Bonchev–Trinajstić information content (AvgIpc) is 2.68. The van der Waals surface area contributed by atoms with Gasteiger partial charge in [-0.1, -0.05) is 55.8 Å². The predicted octanol–water partition coefficient (Wildman–Crippen LogP) is 7.65. The van der Waals surface area contributed by atoms with Crippen molar-refractivity contribution in [1.29, 1.82) is 0 Å². The summed E-state index contributed by atoms with van der Waals surface area (Å²) >= 11 is 5.95. The zero-order chi connectivity index (χ0) is 21.8. The molecule has 0 saturated carbocycles. The summed E-state index contributed by atoms with van der Waals surface area (Å²) in [6, 6.07) is 19.6. The van der Waals surface area contributed by atoms with Crippen molar-refractivity contribution < 1.29 is 22.6 Å². The van der Waals surface area contributed by atoms with Gasteiger partial charge < -0.3 is 9.47 Å². The Balaban J connectivity index is 1.61. The second-order valence-corrected chi connectivity index (χ2v) is 8.10. The van der Waals surface area contributed by atoms with E-state index < -0.39 is 11.7 Å². The highest BCUT2D eigenvalue weighted by atomic mass is 35.5. The second kappa shape index (κ2) is 9.11. The summed E-state index contributed by atoms with van der Waals surface area (Å²) in [5.41, 5.74) is 1.04. The van der Waals surface area contributed by atoms with Crippen LogP contribution in [0.5, 0.6) is 11.5 Å². The van der Waals surface area contributed by atoms with Crippen LogP contribution in [0.25, 0.3) is 0 Å². The lowest BCUT2D eigenvalue weighted by atomic mass is 9.86. The van der Waals surface area contributed by atoms with Gasteiger partial charge in [0.2, 0.25) is 0 Å². The number of halogens is 4. The van der Waals surface area contributed by atoms with E-state index in [9.17, 15) is 13.2 Å². The highest BCUT2D eigenvalue weighted by Crippen LogP contribution is 2.33. The summed E-state index contributed by atoms with van der Waals surface area (Å²) < 4.78 is 50.1. The molecule has 3 aromatic rings. The molecule has 0 aliphatic heterocycles. The summed E-state index contributed by atoms with van der Waals surface area (Å²) in [4.78, 5) is 0. The predicted molar refractivity (Wildman–Crippen MR) is 112 cm³/mol. The highest BCUT2D eigenvalue weighted by Gasteiger charge is 2.30. The molecule has 0 N–H and O–H groups in total. The van der Waals surface area contributed by atoms with Gasteiger partial charge in [-0.05, 0) is 53.6 Å². The number of alkyl halides is 3. The summed E-state index contributed by atoms with van der Waals surface area (Å²) in [6.45, 7) is 5.02. The number of benzene rings is 3. The fraction of sp³-hybridized carbons (Fsp3) is 0.250. The Morgan fingerprint density at radius 3 is 2.10 bits per heavy atom. The molecule has 6 heteroatoms. The SMILES string of the molecule is CC(C)(COCc1cccc(Oc2cccc(C(F)(F)F)c2)c1)c1ccc(Cl)cc1. The van der Waals surface area contributed by atoms with Crippen molar-refractivity contribution in [2.24, 2.45) is 0 Å². The third-order valence-electron chi connectivity index (χ3n) is 4.65. The van der Waals surface area contributed by atoms with Gasteiger partial charge in [-0.25, -0.2) is 0 Å². The van der Waals surface area contributed by atoms with E-state index in [2.05, 4.69) is 13.8 Å². The van der Waals surface area contributed by atoms with E-state index in [0.717, 1.165) is 23.3 Å². The van der Waals surface area contributed by atoms with E-state index in [1.165, 1.54) is 12.1 Å². The van der Waals surface area contributed by atoms with Crippen LogP contribution in [0.2, 0.25) is 5.02 Å². The van der Waals surface area contributed by atoms with E-state index in [4.69, 9.17) is 21.1 Å². The van der Waals surface area contributed by atoms with E-state index in [0.29, 0.717) is 24.0 Å². The molecule has 0 bridgehead atoms. The maximum Gasteiger partial charge on any atom is 0.416 e. The number of hydrogen-bond donors (Lipinski definition) is 0. The summed E-state index contributed by atoms with van der Waals surface area (Å²) in [5.74, 6) is 0.583. The van der Waals surface area contributed by atoms with Gasteiger partial charge in [0, 0.05) is 10.4 Å². The topological polar surface area (TPSA) is 18.5 Å².